The number of thioether (sulfide) groups is 1. The minimum atomic E-state index is -3.62. The summed E-state index contributed by atoms with van der Waals surface area (Å²) in [6, 6.07) is 6.66. The Hall–Kier alpha value is -3.07. The SMILES string of the molecule is CCC(CC)C(=O)Nc1nnc(SCc2cc(=O)c(OC(=O)c3ccc(S(=O)(=O)N4CCCCC4)cc3)co2)s1. The predicted molar refractivity (Wildman–Crippen MR) is 151 cm³/mol. The summed E-state index contributed by atoms with van der Waals surface area (Å²) in [4.78, 5) is 37.4. The van der Waals surface area contributed by atoms with Crippen LogP contribution in [0.15, 0.2) is 55.0 Å². The zero-order valence-corrected chi connectivity index (χ0v) is 24.6. The van der Waals surface area contributed by atoms with Crippen molar-refractivity contribution in [3.05, 3.63) is 58.1 Å². The van der Waals surface area contributed by atoms with E-state index in [4.69, 9.17) is 9.15 Å². The maximum Gasteiger partial charge on any atom is 0.343 e. The van der Waals surface area contributed by atoms with Crippen LogP contribution in [-0.2, 0) is 20.6 Å². The number of hydrogen-bond donors (Lipinski definition) is 1. The number of rotatable bonds is 11. The van der Waals surface area contributed by atoms with Gasteiger partial charge in [0.1, 0.15) is 12.0 Å². The molecule has 0 spiro atoms. The third-order valence-corrected chi connectivity index (χ3v) is 10.3. The van der Waals surface area contributed by atoms with E-state index in [0.29, 0.717) is 28.3 Å². The third kappa shape index (κ3) is 7.36. The van der Waals surface area contributed by atoms with Gasteiger partial charge in [0.15, 0.2) is 4.34 Å². The number of ether oxygens (including phenoxy) is 1. The van der Waals surface area contributed by atoms with Crippen LogP contribution in [0.3, 0.4) is 0 Å². The first kappa shape index (κ1) is 29.9. The number of sulfonamides is 1. The maximum absolute atomic E-state index is 12.8. The molecular formula is C26H30N4O7S3. The molecule has 1 amide bonds. The van der Waals surface area contributed by atoms with Crippen molar-refractivity contribution >= 4 is 50.1 Å². The lowest BCUT2D eigenvalue weighted by Gasteiger charge is -2.25. The van der Waals surface area contributed by atoms with Crippen molar-refractivity contribution in [2.45, 2.75) is 60.9 Å². The van der Waals surface area contributed by atoms with Crippen molar-refractivity contribution in [2.75, 3.05) is 18.4 Å². The first-order valence-electron chi connectivity index (χ1n) is 12.9. The quantitative estimate of drug-likeness (QED) is 0.187. The fourth-order valence-electron chi connectivity index (χ4n) is 4.08. The van der Waals surface area contributed by atoms with Gasteiger partial charge in [-0.2, -0.15) is 4.31 Å². The average Bonchev–Trinajstić information content (AvgIpc) is 3.41. The van der Waals surface area contributed by atoms with E-state index < -0.39 is 21.4 Å². The van der Waals surface area contributed by atoms with Gasteiger partial charge in [0.25, 0.3) is 0 Å². The molecule has 214 valence electrons. The molecule has 0 aliphatic carbocycles. The zero-order valence-electron chi connectivity index (χ0n) is 22.1. The van der Waals surface area contributed by atoms with Crippen LogP contribution in [0.4, 0.5) is 5.13 Å². The fraction of sp³-hybridized carbons (Fsp3) is 0.423. The van der Waals surface area contributed by atoms with Gasteiger partial charge >= 0.3 is 5.97 Å². The number of nitrogens with one attached hydrogen (secondary N) is 1. The Kier molecular flexibility index (Phi) is 10.1. The largest absolute Gasteiger partial charge is 0.464 e. The van der Waals surface area contributed by atoms with Crippen molar-refractivity contribution in [3.8, 4) is 5.75 Å². The Labute approximate surface area is 240 Å². The van der Waals surface area contributed by atoms with Crippen LogP contribution in [-0.4, -0.2) is 47.9 Å². The number of hydrogen-bond acceptors (Lipinski definition) is 11. The lowest BCUT2D eigenvalue weighted by Crippen LogP contribution is -2.35. The van der Waals surface area contributed by atoms with Gasteiger partial charge in [-0.15, -0.1) is 10.2 Å². The number of benzene rings is 1. The number of amides is 1. The van der Waals surface area contributed by atoms with Crippen LogP contribution >= 0.6 is 23.1 Å². The van der Waals surface area contributed by atoms with E-state index >= 15 is 0 Å². The maximum atomic E-state index is 12.8. The zero-order chi connectivity index (χ0) is 28.7. The standard InChI is InChI=1S/C26H30N4O7S3/c1-3-17(4-2)23(32)27-25-28-29-26(39-25)38-16-19-14-21(31)22(15-36-19)37-24(33)18-8-10-20(11-9-18)40(34,35)30-12-6-5-7-13-30/h8-11,14-15,17H,3-7,12-13,16H2,1-2H3,(H,27,28,32). The molecule has 1 N–H and O–H groups in total. The summed E-state index contributed by atoms with van der Waals surface area (Å²) in [6.45, 7) is 4.87. The molecule has 1 saturated heterocycles. The Bertz CT molecular complexity index is 1490. The van der Waals surface area contributed by atoms with Gasteiger partial charge < -0.3 is 14.5 Å². The minimum absolute atomic E-state index is 0.0816. The van der Waals surface area contributed by atoms with E-state index in [1.807, 2.05) is 13.8 Å². The van der Waals surface area contributed by atoms with Crippen LogP contribution < -0.4 is 15.5 Å². The van der Waals surface area contributed by atoms with Crippen LogP contribution in [0, 0.1) is 5.92 Å². The van der Waals surface area contributed by atoms with Crippen molar-refractivity contribution in [1.82, 2.24) is 14.5 Å². The highest BCUT2D eigenvalue weighted by Crippen LogP contribution is 2.29. The van der Waals surface area contributed by atoms with Crippen LogP contribution in [0.25, 0.3) is 0 Å². The Morgan fingerprint density at radius 3 is 2.48 bits per heavy atom. The second kappa shape index (κ2) is 13.5. The third-order valence-electron chi connectivity index (χ3n) is 6.43. The molecule has 3 heterocycles. The topological polar surface area (TPSA) is 149 Å². The summed E-state index contributed by atoms with van der Waals surface area (Å²) in [5.74, 6) is -0.667. The van der Waals surface area contributed by atoms with E-state index in [1.54, 1.807) is 0 Å². The number of nitrogens with zero attached hydrogens (tertiary/aromatic N) is 3. The highest BCUT2D eigenvalue weighted by molar-refractivity contribution is 8.00. The molecule has 1 aliphatic rings. The molecule has 0 radical (unpaired) electrons. The molecule has 0 unspecified atom stereocenters. The highest BCUT2D eigenvalue weighted by atomic mass is 32.2. The van der Waals surface area contributed by atoms with E-state index in [2.05, 4.69) is 15.5 Å². The van der Waals surface area contributed by atoms with E-state index in [1.165, 1.54) is 57.7 Å². The molecule has 0 atom stereocenters. The number of piperidine rings is 1. The minimum Gasteiger partial charge on any atom is -0.464 e. The molecular weight excluding hydrogens is 577 g/mol. The Balaban J connectivity index is 1.32. The smallest absolute Gasteiger partial charge is 0.343 e. The average molecular weight is 607 g/mol. The molecule has 3 aromatic rings. The predicted octanol–water partition coefficient (Wildman–Crippen LogP) is 4.55. The number of anilines is 1. The molecule has 0 bridgehead atoms. The molecule has 14 heteroatoms. The molecule has 40 heavy (non-hydrogen) atoms. The van der Waals surface area contributed by atoms with Crippen LogP contribution in [0.1, 0.15) is 62.1 Å². The van der Waals surface area contributed by atoms with Crippen molar-refractivity contribution < 1.29 is 27.2 Å². The first-order valence-corrected chi connectivity index (χ1v) is 16.2. The summed E-state index contributed by atoms with van der Waals surface area (Å²) in [6.07, 6.45) is 5.20. The summed E-state index contributed by atoms with van der Waals surface area (Å²) in [5.41, 5.74) is -0.449. The molecule has 2 aromatic heterocycles. The first-order chi connectivity index (χ1) is 19.2. The van der Waals surface area contributed by atoms with Gasteiger partial charge in [-0.25, -0.2) is 13.2 Å². The van der Waals surface area contributed by atoms with E-state index in [9.17, 15) is 22.8 Å². The van der Waals surface area contributed by atoms with Crippen molar-refractivity contribution in [1.29, 1.82) is 0 Å². The summed E-state index contributed by atoms with van der Waals surface area (Å²) < 4.78 is 38.3. The summed E-state index contributed by atoms with van der Waals surface area (Å²) >= 11 is 2.50. The summed E-state index contributed by atoms with van der Waals surface area (Å²) in [7, 11) is -3.62. The second-order valence-electron chi connectivity index (χ2n) is 9.12. The second-order valence-corrected chi connectivity index (χ2v) is 13.3. The number of aromatic nitrogens is 2. The van der Waals surface area contributed by atoms with E-state index in [-0.39, 0.29) is 33.8 Å². The number of carbonyl (C=O) groups is 2. The number of esters is 1. The number of carbonyl (C=O) groups excluding carboxylic acids is 2. The highest BCUT2D eigenvalue weighted by Gasteiger charge is 2.26. The van der Waals surface area contributed by atoms with Crippen LogP contribution in [0.2, 0.25) is 0 Å². The molecule has 1 aromatic carbocycles. The Morgan fingerprint density at radius 2 is 1.82 bits per heavy atom. The van der Waals surface area contributed by atoms with Gasteiger partial charge in [0.05, 0.1) is 16.2 Å². The molecule has 0 saturated carbocycles. The van der Waals surface area contributed by atoms with Gasteiger partial charge in [-0.05, 0) is 49.9 Å². The van der Waals surface area contributed by atoms with Gasteiger partial charge in [-0.3, -0.25) is 9.59 Å². The normalized spacial score (nSPS) is 14.3. The molecule has 1 aliphatic heterocycles. The fourth-order valence-corrected chi connectivity index (χ4v) is 7.25. The lowest BCUT2D eigenvalue weighted by molar-refractivity contribution is -0.120. The molecule has 11 nitrogen and oxygen atoms in total. The van der Waals surface area contributed by atoms with Crippen molar-refractivity contribution in [3.63, 3.8) is 0 Å². The summed E-state index contributed by atoms with van der Waals surface area (Å²) in [5, 5.41) is 11.2. The monoisotopic (exact) mass is 606 g/mol. The van der Waals surface area contributed by atoms with Gasteiger partial charge in [0.2, 0.25) is 32.2 Å². The van der Waals surface area contributed by atoms with E-state index in [0.717, 1.165) is 38.4 Å². The lowest BCUT2D eigenvalue weighted by atomic mass is 10.0. The Morgan fingerprint density at radius 1 is 1.12 bits per heavy atom. The van der Waals surface area contributed by atoms with Crippen LogP contribution in [0.5, 0.6) is 5.75 Å². The van der Waals surface area contributed by atoms with Gasteiger partial charge in [-0.1, -0.05) is 43.4 Å². The molecule has 1 fully saturated rings. The van der Waals surface area contributed by atoms with Gasteiger partial charge in [0, 0.05) is 25.1 Å². The molecule has 4 rings (SSSR count). The van der Waals surface area contributed by atoms with Crippen molar-refractivity contribution in [2.24, 2.45) is 5.92 Å².